The second-order valence-corrected chi connectivity index (χ2v) is 5.31. The number of amides is 1. The van der Waals surface area contributed by atoms with E-state index in [1.807, 2.05) is 0 Å². The molecular formula is C12H24N2O. The van der Waals surface area contributed by atoms with Crippen molar-refractivity contribution in [1.82, 2.24) is 5.32 Å². The van der Waals surface area contributed by atoms with Crippen LogP contribution >= 0.6 is 0 Å². The van der Waals surface area contributed by atoms with E-state index >= 15 is 0 Å². The first-order valence-electron chi connectivity index (χ1n) is 6.04. The fraction of sp³-hybridized carbons (Fsp3) is 0.917. The van der Waals surface area contributed by atoms with Crippen molar-refractivity contribution in [3.05, 3.63) is 0 Å². The summed E-state index contributed by atoms with van der Waals surface area (Å²) in [6.45, 7) is 5.58. The monoisotopic (exact) mass is 212 g/mol. The van der Waals surface area contributed by atoms with Crippen molar-refractivity contribution in [2.75, 3.05) is 6.54 Å². The Kier molecular flexibility index (Phi) is 4.58. The number of rotatable bonds is 5. The average Bonchev–Trinajstić information content (AvgIpc) is 2.13. The molecule has 1 unspecified atom stereocenters. The summed E-state index contributed by atoms with van der Waals surface area (Å²) >= 11 is 0. The Morgan fingerprint density at radius 3 is 2.80 bits per heavy atom. The molecule has 0 aromatic rings. The maximum Gasteiger partial charge on any atom is 0.217 e. The highest BCUT2D eigenvalue weighted by Gasteiger charge is 2.31. The third-order valence-electron chi connectivity index (χ3n) is 3.50. The predicted molar refractivity (Wildman–Crippen MR) is 62.5 cm³/mol. The molecule has 0 bridgehead atoms. The van der Waals surface area contributed by atoms with E-state index in [2.05, 4.69) is 19.2 Å². The highest BCUT2D eigenvalue weighted by molar-refractivity contribution is 5.73. The minimum atomic E-state index is -0.195. The molecule has 1 aliphatic rings. The second-order valence-electron chi connectivity index (χ2n) is 5.31. The van der Waals surface area contributed by atoms with Gasteiger partial charge in [0.2, 0.25) is 5.91 Å². The Bertz CT molecular complexity index is 214. The van der Waals surface area contributed by atoms with Crippen LogP contribution in [-0.4, -0.2) is 18.5 Å². The summed E-state index contributed by atoms with van der Waals surface area (Å²) < 4.78 is 0. The van der Waals surface area contributed by atoms with Crippen LogP contribution < -0.4 is 11.1 Å². The number of hydrogen-bond donors (Lipinski definition) is 2. The van der Waals surface area contributed by atoms with Crippen molar-refractivity contribution in [3.63, 3.8) is 0 Å². The van der Waals surface area contributed by atoms with Gasteiger partial charge in [0.25, 0.3) is 0 Å². The minimum absolute atomic E-state index is 0.195. The van der Waals surface area contributed by atoms with E-state index in [0.29, 0.717) is 17.9 Å². The Morgan fingerprint density at radius 1 is 1.47 bits per heavy atom. The molecule has 3 heteroatoms. The van der Waals surface area contributed by atoms with E-state index in [9.17, 15) is 4.79 Å². The minimum Gasteiger partial charge on any atom is -0.370 e. The maximum absolute atomic E-state index is 10.6. The predicted octanol–water partition coefficient (Wildman–Crippen LogP) is 1.81. The normalized spacial score (nSPS) is 25.1. The van der Waals surface area contributed by atoms with Crippen LogP contribution in [0.4, 0.5) is 0 Å². The Balaban J connectivity index is 2.21. The third-order valence-corrected chi connectivity index (χ3v) is 3.50. The van der Waals surface area contributed by atoms with Crippen molar-refractivity contribution < 1.29 is 4.79 Å². The first-order valence-corrected chi connectivity index (χ1v) is 6.04. The van der Waals surface area contributed by atoms with Crippen LogP contribution in [0.1, 0.15) is 52.4 Å². The number of primary amides is 1. The van der Waals surface area contributed by atoms with Gasteiger partial charge in [-0.25, -0.2) is 0 Å². The van der Waals surface area contributed by atoms with Crippen LogP contribution in [0.2, 0.25) is 0 Å². The molecule has 0 heterocycles. The number of carbonyl (C=O) groups excluding carboxylic acids is 1. The van der Waals surface area contributed by atoms with Gasteiger partial charge in [-0.05, 0) is 31.2 Å². The second kappa shape index (κ2) is 5.50. The molecule has 3 nitrogen and oxygen atoms in total. The molecular weight excluding hydrogens is 188 g/mol. The largest absolute Gasteiger partial charge is 0.370 e. The summed E-state index contributed by atoms with van der Waals surface area (Å²) in [6, 6.07) is 0.610. The molecule has 0 radical (unpaired) electrons. The molecule has 0 saturated heterocycles. The van der Waals surface area contributed by atoms with Crippen LogP contribution in [0.15, 0.2) is 0 Å². The fourth-order valence-corrected chi connectivity index (χ4v) is 2.41. The molecule has 1 rings (SSSR count). The molecule has 3 N–H and O–H groups in total. The van der Waals surface area contributed by atoms with E-state index in [4.69, 9.17) is 5.73 Å². The zero-order valence-corrected chi connectivity index (χ0v) is 10.0. The smallest absolute Gasteiger partial charge is 0.217 e. The highest BCUT2D eigenvalue weighted by Crippen LogP contribution is 2.35. The average molecular weight is 212 g/mol. The summed E-state index contributed by atoms with van der Waals surface area (Å²) in [5, 5.41) is 3.56. The Hall–Kier alpha value is -0.570. The summed E-state index contributed by atoms with van der Waals surface area (Å²) in [7, 11) is 0. The van der Waals surface area contributed by atoms with Crippen molar-refractivity contribution in [2.45, 2.75) is 58.4 Å². The van der Waals surface area contributed by atoms with Gasteiger partial charge in [-0.15, -0.1) is 0 Å². The first-order chi connectivity index (χ1) is 7.02. The van der Waals surface area contributed by atoms with E-state index in [-0.39, 0.29) is 5.91 Å². The van der Waals surface area contributed by atoms with Gasteiger partial charge in [-0.3, -0.25) is 4.79 Å². The standard InChI is InChI=1S/C12H24N2O/c1-12(2)8-4-3-6-10(12)14-9-5-7-11(13)15/h10,14H,3-9H2,1-2H3,(H2,13,15). The van der Waals surface area contributed by atoms with Crippen molar-refractivity contribution in [1.29, 1.82) is 0 Å². The number of carbonyl (C=O) groups is 1. The quantitative estimate of drug-likeness (QED) is 0.683. The van der Waals surface area contributed by atoms with E-state index in [0.717, 1.165) is 13.0 Å². The molecule has 1 amide bonds. The molecule has 1 fully saturated rings. The van der Waals surface area contributed by atoms with Crippen LogP contribution in [0.5, 0.6) is 0 Å². The maximum atomic E-state index is 10.6. The first kappa shape index (κ1) is 12.5. The third kappa shape index (κ3) is 4.20. The van der Waals surface area contributed by atoms with E-state index < -0.39 is 0 Å². The Labute approximate surface area is 92.8 Å². The van der Waals surface area contributed by atoms with Gasteiger partial charge >= 0.3 is 0 Å². The molecule has 1 aliphatic carbocycles. The van der Waals surface area contributed by atoms with E-state index in [1.54, 1.807) is 0 Å². The van der Waals surface area contributed by atoms with Crippen LogP contribution in [0.25, 0.3) is 0 Å². The number of nitrogens with one attached hydrogen (secondary N) is 1. The summed E-state index contributed by atoms with van der Waals surface area (Å²) in [5.41, 5.74) is 5.51. The van der Waals surface area contributed by atoms with Gasteiger partial charge in [0.05, 0.1) is 0 Å². The molecule has 0 spiro atoms. The van der Waals surface area contributed by atoms with Crippen molar-refractivity contribution >= 4 is 5.91 Å². The number of nitrogens with two attached hydrogens (primary N) is 1. The fourth-order valence-electron chi connectivity index (χ4n) is 2.41. The van der Waals surface area contributed by atoms with Crippen LogP contribution in [0.3, 0.4) is 0 Å². The lowest BCUT2D eigenvalue weighted by atomic mass is 9.73. The van der Waals surface area contributed by atoms with Gasteiger partial charge < -0.3 is 11.1 Å². The molecule has 15 heavy (non-hydrogen) atoms. The van der Waals surface area contributed by atoms with Crippen molar-refractivity contribution in [3.8, 4) is 0 Å². The topological polar surface area (TPSA) is 55.1 Å². The van der Waals surface area contributed by atoms with Gasteiger partial charge in [0.15, 0.2) is 0 Å². The summed E-state index contributed by atoms with van der Waals surface area (Å²) in [6.07, 6.45) is 6.62. The van der Waals surface area contributed by atoms with Crippen molar-refractivity contribution in [2.24, 2.45) is 11.1 Å². The van der Waals surface area contributed by atoms with Crippen LogP contribution in [0, 0.1) is 5.41 Å². The molecule has 0 aliphatic heterocycles. The summed E-state index contributed by atoms with van der Waals surface area (Å²) in [5.74, 6) is -0.195. The van der Waals surface area contributed by atoms with Gasteiger partial charge in [-0.2, -0.15) is 0 Å². The SMILES string of the molecule is CC1(C)CCCCC1NCCCC(N)=O. The highest BCUT2D eigenvalue weighted by atomic mass is 16.1. The lowest BCUT2D eigenvalue weighted by molar-refractivity contribution is -0.118. The molecule has 88 valence electrons. The van der Waals surface area contributed by atoms with Crippen LogP contribution in [-0.2, 0) is 4.79 Å². The Morgan fingerprint density at radius 2 is 2.20 bits per heavy atom. The molecule has 0 aromatic carbocycles. The lowest BCUT2D eigenvalue weighted by Crippen LogP contribution is -2.44. The van der Waals surface area contributed by atoms with E-state index in [1.165, 1.54) is 25.7 Å². The molecule has 0 aromatic heterocycles. The molecule has 1 atom stereocenters. The van der Waals surface area contributed by atoms with Gasteiger partial charge in [0.1, 0.15) is 0 Å². The zero-order chi connectivity index (χ0) is 11.3. The zero-order valence-electron chi connectivity index (χ0n) is 10.0. The molecule has 1 saturated carbocycles. The van der Waals surface area contributed by atoms with Gasteiger partial charge in [-0.1, -0.05) is 26.7 Å². The lowest BCUT2D eigenvalue weighted by Gasteiger charge is -2.39. The summed E-state index contributed by atoms with van der Waals surface area (Å²) in [4.78, 5) is 10.6. The number of hydrogen-bond acceptors (Lipinski definition) is 2. The van der Waals surface area contributed by atoms with Gasteiger partial charge in [0, 0.05) is 12.5 Å².